The van der Waals surface area contributed by atoms with Gasteiger partial charge in [-0.05, 0) is 36.6 Å². The Labute approximate surface area is 143 Å². The van der Waals surface area contributed by atoms with E-state index in [2.05, 4.69) is 0 Å². The van der Waals surface area contributed by atoms with Gasteiger partial charge in [-0.3, -0.25) is 4.31 Å². The van der Waals surface area contributed by atoms with Gasteiger partial charge < -0.3 is 10.2 Å². The Morgan fingerprint density at radius 2 is 1.87 bits per heavy atom. The van der Waals surface area contributed by atoms with Crippen molar-refractivity contribution in [3.63, 3.8) is 0 Å². The lowest BCUT2D eigenvalue weighted by Gasteiger charge is -2.31. The standard InChI is InChI=1S/C15H13Cl2NO4S/c16-10-7-11(17)15(20)13(8-10)23(21,22)18-6-2-4-9-3-1-5-12(19)14(9)18/h1,3,5,7-8,19-20H,2,4,6H2. The van der Waals surface area contributed by atoms with Gasteiger partial charge in [0.1, 0.15) is 10.6 Å². The van der Waals surface area contributed by atoms with E-state index < -0.39 is 15.8 Å². The minimum absolute atomic E-state index is 0.0980. The normalized spacial score (nSPS) is 14.6. The predicted octanol–water partition coefficient (Wildman–Crippen LogP) is 3.55. The monoisotopic (exact) mass is 373 g/mol. The quantitative estimate of drug-likeness (QED) is 0.843. The maximum atomic E-state index is 13.0. The highest BCUT2D eigenvalue weighted by atomic mass is 35.5. The van der Waals surface area contributed by atoms with Crippen LogP contribution in [0.5, 0.6) is 11.5 Å². The first-order chi connectivity index (χ1) is 10.8. The average Bonchev–Trinajstić information content (AvgIpc) is 2.50. The molecule has 0 aliphatic carbocycles. The summed E-state index contributed by atoms with van der Waals surface area (Å²) in [7, 11) is -4.12. The smallest absolute Gasteiger partial charge is 0.268 e. The molecule has 5 nitrogen and oxygen atoms in total. The van der Waals surface area contributed by atoms with Crippen LogP contribution in [0, 0.1) is 0 Å². The van der Waals surface area contributed by atoms with Gasteiger partial charge in [0.05, 0.1) is 10.7 Å². The van der Waals surface area contributed by atoms with Crippen molar-refractivity contribution in [3.05, 3.63) is 45.9 Å². The Morgan fingerprint density at radius 3 is 2.61 bits per heavy atom. The molecule has 0 radical (unpaired) electrons. The van der Waals surface area contributed by atoms with Crippen molar-refractivity contribution in [1.29, 1.82) is 0 Å². The van der Waals surface area contributed by atoms with E-state index in [9.17, 15) is 18.6 Å². The summed E-state index contributed by atoms with van der Waals surface area (Å²) in [6, 6.07) is 7.27. The number of fused-ring (bicyclic) bond motifs is 1. The second-order valence-electron chi connectivity index (χ2n) is 5.20. The molecular formula is C15H13Cl2NO4S. The molecule has 0 saturated heterocycles. The first-order valence-corrected chi connectivity index (χ1v) is 9.03. The van der Waals surface area contributed by atoms with Gasteiger partial charge in [-0.2, -0.15) is 0 Å². The third kappa shape index (κ3) is 2.71. The maximum absolute atomic E-state index is 13.0. The molecule has 2 aromatic carbocycles. The Hall–Kier alpha value is -1.63. The van der Waals surface area contributed by atoms with E-state index in [-0.39, 0.29) is 32.9 Å². The molecule has 2 N–H and O–H groups in total. The van der Waals surface area contributed by atoms with Crippen molar-refractivity contribution in [2.24, 2.45) is 0 Å². The molecule has 0 fully saturated rings. The molecule has 122 valence electrons. The van der Waals surface area contributed by atoms with Crippen LogP contribution in [0.25, 0.3) is 0 Å². The number of rotatable bonds is 2. The van der Waals surface area contributed by atoms with Gasteiger partial charge in [0, 0.05) is 11.6 Å². The molecular weight excluding hydrogens is 361 g/mol. The van der Waals surface area contributed by atoms with Crippen LogP contribution in [-0.4, -0.2) is 25.2 Å². The van der Waals surface area contributed by atoms with Crippen LogP contribution in [0.3, 0.4) is 0 Å². The number of nitrogens with zero attached hydrogens (tertiary/aromatic N) is 1. The molecule has 0 spiro atoms. The fourth-order valence-electron chi connectivity index (χ4n) is 2.69. The van der Waals surface area contributed by atoms with Gasteiger partial charge in [0.25, 0.3) is 10.0 Å². The predicted molar refractivity (Wildman–Crippen MR) is 89.1 cm³/mol. The van der Waals surface area contributed by atoms with Crippen molar-refractivity contribution in [2.75, 3.05) is 10.8 Å². The van der Waals surface area contributed by atoms with Gasteiger partial charge >= 0.3 is 0 Å². The van der Waals surface area contributed by atoms with Crippen LogP contribution in [0.15, 0.2) is 35.2 Å². The topological polar surface area (TPSA) is 77.8 Å². The van der Waals surface area contributed by atoms with Crippen molar-refractivity contribution < 1.29 is 18.6 Å². The van der Waals surface area contributed by atoms with E-state index in [1.807, 2.05) is 0 Å². The van der Waals surface area contributed by atoms with Gasteiger partial charge in [0.2, 0.25) is 0 Å². The first kappa shape index (κ1) is 16.2. The molecule has 8 heteroatoms. The molecule has 0 saturated carbocycles. The summed E-state index contributed by atoms with van der Waals surface area (Å²) in [6.45, 7) is 0.191. The number of hydrogen-bond acceptors (Lipinski definition) is 4. The summed E-state index contributed by atoms with van der Waals surface area (Å²) in [5, 5.41) is 20.1. The number of aromatic hydroxyl groups is 2. The summed E-state index contributed by atoms with van der Waals surface area (Å²) in [4.78, 5) is -0.383. The van der Waals surface area contributed by atoms with Crippen LogP contribution in [0.2, 0.25) is 10.0 Å². The van der Waals surface area contributed by atoms with Crippen LogP contribution in [0.4, 0.5) is 5.69 Å². The third-order valence-electron chi connectivity index (χ3n) is 3.72. The highest BCUT2D eigenvalue weighted by molar-refractivity contribution is 7.93. The second kappa shape index (κ2) is 5.78. The summed E-state index contributed by atoms with van der Waals surface area (Å²) in [5.41, 5.74) is 0.960. The van der Waals surface area contributed by atoms with Crippen molar-refractivity contribution in [1.82, 2.24) is 0 Å². The fraction of sp³-hybridized carbons (Fsp3) is 0.200. The highest BCUT2D eigenvalue weighted by Crippen LogP contribution is 2.42. The Balaban J connectivity index is 2.21. The molecule has 1 heterocycles. The summed E-state index contributed by atoms with van der Waals surface area (Å²) in [6.07, 6.45) is 1.27. The van der Waals surface area contributed by atoms with E-state index in [1.165, 1.54) is 12.1 Å². The lowest BCUT2D eigenvalue weighted by Crippen LogP contribution is -2.35. The van der Waals surface area contributed by atoms with E-state index in [1.54, 1.807) is 12.1 Å². The number of para-hydroxylation sites is 1. The zero-order valence-electron chi connectivity index (χ0n) is 11.8. The molecule has 0 aromatic heterocycles. The second-order valence-corrected chi connectivity index (χ2v) is 7.87. The Morgan fingerprint density at radius 1 is 1.13 bits per heavy atom. The average molecular weight is 374 g/mol. The Bertz CT molecular complexity index is 883. The van der Waals surface area contributed by atoms with E-state index in [0.29, 0.717) is 12.8 Å². The van der Waals surface area contributed by atoms with Crippen molar-refractivity contribution >= 4 is 38.9 Å². The largest absolute Gasteiger partial charge is 0.506 e. The first-order valence-electron chi connectivity index (χ1n) is 6.84. The molecule has 23 heavy (non-hydrogen) atoms. The molecule has 3 rings (SSSR count). The van der Waals surface area contributed by atoms with Gasteiger partial charge in [-0.1, -0.05) is 35.3 Å². The number of halogens is 2. The molecule has 1 aliphatic heterocycles. The molecule has 0 bridgehead atoms. The maximum Gasteiger partial charge on any atom is 0.268 e. The minimum atomic E-state index is -4.12. The van der Waals surface area contributed by atoms with Gasteiger partial charge in [-0.25, -0.2) is 8.42 Å². The zero-order valence-corrected chi connectivity index (χ0v) is 14.2. The van der Waals surface area contributed by atoms with Gasteiger partial charge in [0.15, 0.2) is 5.75 Å². The lowest BCUT2D eigenvalue weighted by molar-refractivity contribution is 0.457. The summed E-state index contributed by atoms with van der Waals surface area (Å²) < 4.78 is 27.0. The third-order valence-corrected chi connectivity index (χ3v) is 6.04. The molecule has 0 amide bonds. The summed E-state index contributed by atoms with van der Waals surface area (Å²) >= 11 is 11.7. The number of hydrogen-bond donors (Lipinski definition) is 2. The molecule has 2 aromatic rings. The zero-order chi connectivity index (χ0) is 16.8. The number of benzene rings is 2. The number of aryl methyl sites for hydroxylation is 1. The van der Waals surface area contributed by atoms with E-state index in [4.69, 9.17) is 23.2 Å². The van der Waals surface area contributed by atoms with Crippen LogP contribution in [0.1, 0.15) is 12.0 Å². The van der Waals surface area contributed by atoms with Crippen molar-refractivity contribution in [3.8, 4) is 11.5 Å². The molecule has 0 atom stereocenters. The van der Waals surface area contributed by atoms with E-state index in [0.717, 1.165) is 15.9 Å². The summed E-state index contributed by atoms with van der Waals surface area (Å²) in [5.74, 6) is -0.683. The number of phenolic OH excluding ortho intramolecular Hbond substituents is 2. The van der Waals surface area contributed by atoms with Crippen LogP contribution >= 0.6 is 23.2 Å². The van der Waals surface area contributed by atoms with Crippen LogP contribution in [-0.2, 0) is 16.4 Å². The molecule has 1 aliphatic rings. The van der Waals surface area contributed by atoms with Gasteiger partial charge in [-0.15, -0.1) is 0 Å². The van der Waals surface area contributed by atoms with E-state index >= 15 is 0 Å². The lowest BCUT2D eigenvalue weighted by atomic mass is 10.0. The Kier molecular flexibility index (Phi) is 4.08. The number of sulfonamides is 1. The minimum Gasteiger partial charge on any atom is -0.506 e. The fourth-order valence-corrected chi connectivity index (χ4v) is 4.99. The number of anilines is 1. The SMILES string of the molecule is O=S(=O)(c1cc(Cl)cc(Cl)c1O)N1CCCc2cccc(O)c21. The number of phenols is 2. The van der Waals surface area contributed by atoms with Crippen molar-refractivity contribution in [2.45, 2.75) is 17.7 Å². The highest BCUT2D eigenvalue weighted by Gasteiger charge is 2.33. The van der Waals surface area contributed by atoms with Crippen LogP contribution < -0.4 is 4.31 Å². The molecule has 0 unspecified atom stereocenters.